The highest BCUT2D eigenvalue weighted by atomic mass is 35.5. The van der Waals surface area contributed by atoms with Crippen molar-refractivity contribution in [2.45, 2.75) is 5.25 Å². The third kappa shape index (κ3) is 2.85. The van der Waals surface area contributed by atoms with Gasteiger partial charge in [0.05, 0.1) is 16.0 Å². The number of thioether (sulfide) groups is 2. The Labute approximate surface area is 124 Å². The lowest BCUT2D eigenvalue weighted by Gasteiger charge is -2.16. The lowest BCUT2D eigenvalue weighted by molar-refractivity contribution is 0.423. The summed E-state index contributed by atoms with van der Waals surface area (Å²) in [7, 11) is 0. The van der Waals surface area contributed by atoms with Crippen molar-refractivity contribution in [3.8, 4) is 11.5 Å². The fourth-order valence-electron chi connectivity index (χ4n) is 1.78. The first-order chi connectivity index (χ1) is 9.24. The van der Waals surface area contributed by atoms with E-state index in [9.17, 15) is 0 Å². The Bertz CT molecular complexity index is 584. The monoisotopic (exact) mass is 313 g/mol. The maximum Gasteiger partial charge on any atom is 0.258 e. The van der Waals surface area contributed by atoms with Gasteiger partial charge >= 0.3 is 0 Å². The lowest BCUT2D eigenvalue weighted by Crippen LogP contribution is -2.07. The van der Waals surface area contributed by atoms with E-state index in [0.29, 0.717) is 21.9 Å². The minimum atomic E-state index is 0.320. The van der Waals surface area contributed by atoms with Crippen LogP contribution in [0.15, 0.2) is 22.7 Å². The van der Waals surface area contributed by atoms with Crippen molar-refractivity contribution in [2.24, 2.45) is 0 Å². The summed E-state index contributed by atoms with van der Waals surface area (Å²) in [6, 6.07) is 5.32. The largest absolute Gasteiger partial charge is 0.398 e. The second kappa shape index (κ2) is 5.64. The maximum absolute atomic E-state index is 6.00. The fraction of sp³-hybridized carbons (Fsp3) is 0.333. The van der Waals surface area contributed by atoms with Gasteiger partial charge in [-0.3, -0.25) is 0 Å². The normalized spacial score (nSPS) is 19.5. The van der Waals surface area contributed by atoms with E-state index in [1.54, 1.807) is 12.1 Å². The van der Waals surface area contributed by atoms with Crippen molar-refractivity contribution in [2.75, 3.05) is 23.0 Å². The fourth-order valence-corrected chi connectivity index (χ4v) is 4.55. The van der Waals surface area contributed by atoms with Crippen LogP contribution in [0.3, 0.4) is 0 Å². The van der Waals surface area contributed by atoms with Crippen molar-refractivity contribution >= 4 is 40.8 Å². The Hall–Kier alpha value is -0.850. The Morgan fingerprint density at radius 2 is 2.26 bits per heavy atom. The molecule has 2 aromatic rings. The molecule has 2 heterocycles. The molecule has 7 heteroatoms. The Kier molecular flexibility index (Phi) is 3.91. The SMILES string of the molecule is Nc1ccc(-c2nc(C3CSCCS3)no2)cc1Cl. The number of aromatic nitrogens is 2. The molecule has 19 heavy (non-hydrogen) atoms. The summed E-state index contributed by atoms with van der Waals surface area (Å²) >= 11 is 9.80. The van der Waals surface area contributed by atoms with Crippen LogP contribution in [0, 0.1) is 0 Å². The molecule has 1 saturated heterocycles. The van der Waals surface area contributed by atoms with E-state index in [1.807, 2.05) is 29.6 Å². The van der Waals surface area contributed by atoms with Crippen LogP contribution in [0.1, 0.15) is 11.1 Å². The zero-order valence-electron chi connectivity index (χ0n) is 10.0. The summed E-state index contributed by atoms with van der Waals surface area (Å²) in [5.74, 6) is 4.62. The first-order valence-corrected chi connectivity index (χ1v) is 8.40. The summed E-state index contributed by atoms with van der Waals surface area (Å²) < 4.78 is 5.32. The Morgan fingerprint density at radius 3 is 3.00 bits per heavy atom. The Morgan fingerprint density at radius 1 is 1.37 bits per heavy atom. The number of anilines is 1. The van der Waals surface area contributed by atoms with Crippen molar-refractivity contribution in [1.82, 2.24) is 10.1 Å². The van der Waals surface area contributed by atoms with Crippen molar-refractivity contribution in [3.63, 3.8) is 0 Å². The summed E-state index contributed by atoms with van der Waals surface area (Å²) in [4.78, 5) is 4.46. The van der Waals surface area contributed by atoms with E-state index < -0.39 is 0 Å². The van der Waals surface area contributed by atoms with Gasteiger partial charge in [-0.05, 0) is 18.2 Å². The topological polar surface area (TPSA) is 64.9 Å². The van der Waals surface area contributed by atoms with Crippen LogP contribution in [-0.2, 0) is 0 Å². The average Bonchev–Trinajstić information content (AvgIpc) is 2.93. The molecule has 1 fully saturated rings. The molecule has 0 bridgehead atoms. The number of nitrogens with zero attached hydrogens (tertiary/aromatic N) is 2. The summed E-state index contributed by atoms with van der Waals surface area (Å²) in [5, 5.41) is 4.89. The van der Waals surface area contributed by atoms with Gasteiger partial charge in [-0.15, -0.1) is 11.8 Å². The summed E-state index contributed by atoms with van der Waals surface area (Å²) in [6.07, 6.45) is 0. The maximum atomic E-state index is 6.00. The van der Waals surface area contributed by atoms with Crippen molar-refractivity contribution in [1.29, 1.82) is 0 Å². The molecule has 100 valence electrons. The van der Waals surface area contributed by atoms with E-state index in [4.69, 9.17) is 21.9 Å². The molecule has 1 aliphatic heterocycles. The number of benzene rings is 1. The number of nitrogen functional groups attached to an aromatic ring is 1. The molecule has 4 nitrogen and oxygen atoms in total. The van der Waals surface area contributed by atoms with Gasteiger partial charge in [0.1, 0.15) is 0 Å². The van der Waals surface area contributed by atoms with E-state index in [-0.39, 0.29) is 0 Å². The molecule has 1 unspecified atom stereocenters. The summed E-state index contributed by atoms with van der Waals surface area (Å²) in [6.45, 7) is 0. The lowest BCUT2D eigenvalue weighted by atomic mass is 10.2. The van der Waals surface area contributed by atoms with Crippen LogP contribution in [0.4, 0.5) is 5.69 Å². The molecule has 0 aliphatic carbocycles. The van der Waals surface area contributed by atoms with Gasteiger partial charge in [-0.2, -0.15) is 16.7 Å². The third-order valence-electron chi connectivity index (χ3n) is 2.79. The second-order valence-corrected chi connectivity index (χ2v) is 7.00. The number of nitrogens with two attached hydrogens (primary N) is 1. The quantitative estimate of drug-likeness (QED) is 0.856. The van der Waals surface area contributed by atoms with Crippen molar-refractivity contribution in [3.05, 3.63) is 29.0 Å². The van der Waals surface area contributed by atoms with Gasteiger partial charge < -0.3 is 10.3 Å². The second-order valence-electron chi connectivity index (χ2n) is 4.13. The van der Waals surface area contributed by atoms with Gasteiger partial charge in [0.25, 0.3) is 5.89 Å². The first kappa shape index (κ1) is 13.1. The smallest absolute Gasteiger partial charge is 0.258 e. The van der Waals surface area contributed by atoms with Crippen LogP contribution >= 0.6 is 35.1 Å². The van der Waals surface area contributed by atoms with Gasteiger partial charge in [0, 0.05) is 22.8 Å². The molecule has 0 saturated carbocycles. The molecule has 1 aliphatic rings. The van der Waals surface area contributed by atoms with Gasteiger partial charge in [-0.25, -0.2) is 0 Å². The first-order valence-electron chi connectivity index (χ1n) is 5.82. The minimum absolute atomic E-state index is 0.320. The number of hydrogen-bond donors (Lipinski definition) is 1. The standard InChI is InChI=1S/C12H12ClN3OS2/c13-8-5-7(1-2-9(8)14)12-15-11(16-17-12)10-6-18-3-4-19-10/h1-2,5,10H,3-4,6,14H2. The van der Waals surface area contributed by atoms with E-state index >= 15 is 0 Å². The summed E-state index contributed by atoms with van der Waals surface area (Å²) in [5.41, 5.74) is 7.03. The average molecular weight is 314 g/mol. The van der Waals surface area contributed by atoms with E-state index in [1.165, 1.54) is 5.75 Å². The minimum Gasteiger partial charge on any atom is -0.398 e. The molecule has 0 radical (unpaired) electrons. The third-order valence-corrected chi connectivity index (χ3v) is 5.87. The highest BCUT2D eigenvalue weighted by Gasteiger charge is 2.22. The predicted octanol–water partition coefficient (Wildman–Crippen LogP) is 3.49. The number of rotatable bonds is 2. The molecule has 1 atom stereocenters. The van der Waals surface area contributed by atoms with Gasteiger partial charge in [0.15, 0.2) is 5.82 Å². The molecule has 0 amide bonds. The molecule has 0 spiro atoms. The highest BCUT2D eigenvalue weighted by molar-refractivity contribution is 8.06. The van der Waals surface area contributed by atoms with E-state index in [2.05, 4.69) is 10.1 Å². The Balaban J connectivity index is 1.85. The van der Waals surface area contributed by atoms with Crippen LogP contribution in [0.2, 0.25) is 5.02 Å². The molecular formula is C12H12ClN3OS2. The zero-order chi connectivity index (χ0) is 13.2. The van der Waals surface area contributed by atoms with Crippen LogP contribution in [0.25, 0.3) is 11.5 Å². The zero-order valence-corrected chi connectivity index (χ0v) is 12.4. The van der Waals surface area contributed by atoms with E-state index in [0.717, 1.165) is 22.9 Å². The molecule has 1 aromatic heterocycles. The van der Waals surface area contributed by atoms with Gasteiger partial charge in [0.2, 0.25) is 0 Å². The van der Waals surface area contributed by atoms with Crippen molar-refractivity contribution < 1.29 is 4.52 Å². The predicted molar refractivity (Wildman–Crippen MR) is 81.7 cm³/mol. The molecular weight excluding hydrogens is 302 g/mol. The van der Waals surface area contributed by atoms with Crippen LogP contribution in [0.5, 0.6) is 0 Å². The molecule has 2 N–H and O–H groups in total. The molecule has 1 aromatic carbocycles. The number of halogens is 1. The van der Waals surface area contributed by atoms with Crippen LogP contribution in [-0.4, -0.2) is 27.4 Å². The van der Waals surface area contributed by atoms with Crippen LogP contribution < -0.4 is 5.73 Å². The highest BCUT2D eigenvalue weighted by Crippen LogP contribution is 2.36. The van der Waals surface area contributed by atoms with Gasteiger partial charge in [-0.1, -0.05) is 16.8 Å². The number of hydrogen-bond acceptors (Lipinski definition) is 6. The molecule has 3 rings (SSSR count).